The maximum atomic E-state index is 12.3. The van der Waals surface area contributed by atoms with Crippen molar-refractivity contribution >= 4 is 44.9 Å². The lowest BCUT2D eigenvalue weighted by molar-refractivity contribution is 0.102. The molecule has 0 radical (unpaired) electrons. The molecule has 1 heterocycles. The van der Waals surface area contributed by atoms with Crippen LogP contribution in [0.25, 0.3) is 10.8 Å². The Bertz CT molecular complexity index is 1080. The van der Waals surface area contributed by atoms with Crippen molar-refractivity contribution in [2.45, 2.75) is 17.0 Å². The molecule has 1 aromatic heterocycles. The van der Waals surface area contributed by atoms with Crippen LogP contribution in [0, 0.1) is 6.92 Å². The standard InChI is InChI=1S/C21H17N3OS2/c1-14-9-11-16(12-10-14)19(25)22-20-23-24-21(27-20)26-13-17-7-4-6-15-5-2-3-8-18(15)17/h2-12H,13H2,1H3,(H,22,23,25). The molecule has 4 rings (SSSR count). The number of nitrogens with one attached hydrogen (secondary N) is 1. The fourth-order valence-electron chi connectivity index (χ4n) is 2.75. The van der Waals surface area contributed by atoms with Crippen LogP contribution in [0.5, 0.6) is 0 Å². The van der Waals surface area contributed by atoms with Gasteiger partial charge in [0.05, 0.1) is 0 Å². The number of benzene rings is 3. The predicted octanol–water partition coefficient (Wildman–Crippen LogP) is 5.54. The van der Waals surface area contributed by atoms with E-state index in [-0.39, 0.29) is 5.91 Å². The first-order valence-electron chi connectivity index (χ1n) is 8.50. The van der Waals surface area contributed by atoms with Gasteiger partial charge in [-0.1, -0.05) is 83.3 Å². The Kier molecular flexibility index (Phi) is 5.18. The van der Waals surface area contributed by atoms with E-state index in [1.165, 1.54) is 27.7 Å². The largest absolute Gasteiger partial charge is 0.296 e. The zero-order valence-corrected chi connectivity index (χ0v) is 16.3. The van der Waals surface area contributed by atoms with Crippen LogP contribution in [0.3, 0.4) is 0 Å². The van der Waals surface area contributed by atoms with Crippen molar-refractivity contribution in [3.8, 4) is 0 Å². The topological polar surface area (TPSA) is 54.9 Å². The number of fused-ring (bicyclic) bond motifs is 1. The molecule has 0 bridgehead atoms. The summed E-state index contributed by atoms with van der Waals surface area (Å²) >= 11 is 3.02. The molecule has 0 spiro atoms. The van der Waals surface area contributed by atoms with E-state index in [9.17, 15) is 4.79 Å². The molecule has 134 valence electrons. The second-order valence-corrected chi connectivity index (χ2v) is 8.32. The molecule has 4 nitrogen and oxygen atoms in total. The Hall–Kier alpha value is -2.70. The van der Waals surface area contributed by atoms with E-state index in [0.717, 1.165) is 15.7 Å². The van der Waals surface area contributed by atoms with E-state index < -0.39 is 0 Å². The monoisotopic (exact) mass is 391 g/mol. The van der Waals surface area contributed by atoms with Crippen molar-refractivity contribution in [1.29, 1.82) is 0 Å². The minimum atomic E-state index is -0.170. The first-order chi connectivity index (χ1) is 13.2. The van der Waals surface area contributed by atoms with Crippen molar-refractivity contribution in [2.24, 2.45) is 0 Å². The Morgan fingerprint density at radius 1 is 1.00 bits per heavy atom. The van der Waals surface area contributed by atoms with Gasteiger partial charge in [0.2, 0.25) is 5.13 Å². The molecule has 27 heavy (non-hydrogen) atoms. The number of aryl methyl sites for hydroxylation is 1. The maximum absolute atomic E-state index is 12.3. The summed E-state index contributed by atoms with van der Waals surface area (Å²) in [5.41, 5.74) is 2.99. The highest BCUT2D eigenvalue weighted by molar-refractivity contribution is 8.00. The lowest BCUT2D eigenvalue weighted by atomic mass is 10.1. The van der Waals surface area contributed by atoms with Gasteiger partial charge in [-0.3, -0.25) is 10.1 Å². The molecule has 0 aliphatic carbocycles. The van der Waals surface area contributed by atoms with Gasteiger partial charge >= 0.3 is 0 Å². The van der Waals surface area contributed by atoms with Gasteiger partial charge in [-0.25, -0.2) is 0 Å². The van der Waals surface area contributed by atoms with Crippen molar-refractivity contribution in [3.05, 3.63) is 83.4 Å². The molecule has 4 aromatic rings. The van der Waals surface area contributed by atoms with Crippen LogP contribution in [0.15, 0.2) is 71.1 Å². The number of aromatic nitrogens is 2. The summed E-state index contributed by atoms with van der Waals surface area (Å²) in [6, 6.07) is 22.1. The second kappa shape index (κ2) is 7.90. The number of rotatable bonds is 5. The summed E-state index contributed by atoms with van der Waals surface area (Å²) in [6.07, 6.45) is 0. The third-order valence-corrected chi connectivity index (χ3v) is 6.19. The number of amides is 1. The zero-order valence-electron chi connectivity index (χ0n) is 14.7. The number of hydrogen-bond donors (Lipinski definition) is 1. The molecule has 0 saturated heterocycles. The number of anilines is 1. The average Bonchev–Trinajstić information content (AvgIpc) is 3.14. The van der Waals surface area contributed by atoms with Gasteiger partial charge in [-0.15, -0.1) is 10.2 Å². The van der Waals surface area contributed by atoms with Crippen molar-refractivity contribution in [1.82, 2.24) is 10.2 Å². The van der Waals surface area contributed by atoms with E-state index in [1.807, 2.05) is 37.3 Å². The summed E-state index contributed by atoms with van der Waals surface area (Å²) in [5.74, 6) is 0.638. The molecule has 0 aliphatic rings. The van der Waals surface area contributed by atoms with Crippen molar-refractivity contribution < 1.29 is 4.79 Å². The molecule has 0 unspecified atom stereocenters. The van der Waals surface area contributed by atoms with Crippen LogP contribution >= 0.6 is 23.1 Å². The summed E-state index contributed by atoms with van der Waals surface area (Å²) in [4.78, 5) is 12.3. The number of thioether (sulfide) groups is 1. The Balaban J connectivity index is 1.42. The molecule has 0 saturated carbocycles. The highest BCUT2D eigenvalue weighted by atomic mass is 32.2. The fraction of sp³-hybridized carbons (Fsp3) is 0.0952. The molecule has 6 heteroatoms. The number of carbonyl (C=O) groups is 1. The average molecular weight is 392 g/mol. The summed E-state index contributed by atoms with van der Waals surface area (Å²) in [6.45, 7) is 1.99. The minimum Gasteiger partial charge on any atom is -0.296 e. The number of hydrogen-bond acceptors (Lipinski definition) is 5. The molecular weight excluding hydrogens is 374 g/mol. The Morgan fingerprint density at radius 3 is 2.63 bits per heavy atom. The van der Waals surface area contributed by atoms with Gasteiger partial charge in [0.25, 0.3) is 5.91 Å². The molecule has 1 amide bonds. The summed E-state index contributed by atoms with van der Waals surface area (Å²) < 4.78 is 0.835. The molecular formula is C21H17N3OS2. The lowest BCUT2D eigenvalue weighted by Crippen LogP contribution is -2.11. The van der Waals surface area contributed by atoms with Crippen molar-refractivity contribution in [3.63, 3.8) is 0 Å². The minimum absolute atomic E-state index is 0.170. The molecule has 3 aromatic carbocycles. The van der Waals surface area contributed by atoms with Gasteiger partial charge < -0.3 is 0 Å². The summed E-state index contributed by atoms with van der Waals surface area (Å²) in [5, 5.41) is 14.1. The maximum Gasteiger partial charge on any atom is 0.257 e. The van der Waals surface area contributed by atoms with E-state index in [2.05, 4.69) is 51.9 Å². The van der Waals surface area contributed by atoms with Crippen LogP contribution in [0.4, 0.5) is 5.13 Å². The van der Waals surface area contributed by atoms with Crippen LogP contribution in [-0.4, -0.2) is 16.1 Å². The van der Waals surface area contributed by atoms with Crippen molar-refractivity contribution in [2.75, 3.05) is 5.32 Å². The normalized spacial score (nSPS) is 10.9. The predicted molar refractivity (Wildman–Crippen MR) is 113 cm³/mol. The number of nitrogens with zero attached hydrogens (tertiary/aromatic N) is 2. The van der Waals surface area contributed by atoms with Gasteiger partial charge in [-0.05, 0) is 35.4 Å². The van der Waals surface area contributed by atoms with E-state index in [4.69, 9.17) is 0 Å². The zero-order chi connectivity index (χ0) is 18.6. The van der Waals surface area contributed by atoms with E-state index in [0.29, 0.717) is 10.7 Å². The van der Waals surface area contributed by atoms with Gasteiger partial charge in [0.15, 0.2) is 4.34 Å². The quantitative estimate of drug-likeness (QED) is 0.358. The summed E-state index contributed by atoms with van der Waals surface area (Å²) in [7, 11) is 0. The van der Waals surface area contributed by atoms with E-state index in [1.54, 1.807) is 11.8 Å². The smallest absolute Gasteiger partial charge is 0.257 e. The van der Waals surface area contributed by atoms with Crippen LogP contribution in [0.1, 0.15) is 21.5 Å². The van der Waals surface area contributed by atoms with E-state index >= 15 is 0 Å². The highest BCUT2D eigenvalue weighted by Gasteiger charge is 2.11. The Morgan fingerprint density at radius 2 is 1.78 bits per heavy atom. The van der Waals surface area contributed by atoms with Gasteiger partial charge in [0.1, 0.15) is 0 Å². The number of carbonyl (C=O) groups excluding carboxylic acids is 1. The molecule has 0 aliphatic heterocycles. The van der Waals surface area contributed by atoms with Crippen LogP contribution in [-0.2, 0) is 5.75 Å². The Labute approximate surface area is 165 Å². The molecule has 1 N–H and O–H groups in total. The molecule has 0 atom stereocenters. The SMILES string of the molecule is Cc1ccc(C(=O)Nc2nnc(SCc3cccc4ccccc34)s2)cc1. The highest BCUT2D eigenvalue weighted by Crippen LogP contribution is 2.30. The van der Waals surface area contributed by atoms with Crippen LogP contribution in [0.2, 0.25) is 0 Å². The third-order valence-electron chi connectivity index (χ3n) is 4.17. The van der Waals surface area contributed by atoms with Crippen LogP contribution < -0.4 is 5.32 Å². The van der Waals surface area contributed by atoms with Gasteiger partial charge in [0, 0.05) is 11.3 Å². The fourth-order valence-corrected chi connectivity index (χ4v) is 4.50. The molecule has 0 fully saturated rings. The third kappa shape index (κ3) is 4.18. The second-order valence-electron chi connectivity index (χ2n) is 6.12. The first-order valence-corrected chi connectivity index (χ1v) is 10.3. The van der Waals surface area contributed by atoms with Gasteiger partial charge in [-0.2, -0.15) is 0 Å². The lowest BCUT2D eigenvalue weighted by Gasteiger charge is -2.04. The first kappa shape index (κ1) is 17.7.